The molecule has 0 atom stereocenters. The van der Waals surface area contributed by atoms with Crippen LogP contribution >= 0.6 is 11.6 Å². The van der Waals surface area contributed by atoms with Gasteiger partial charge in [0.2, 0.25) is 11.6 Å². The molecule has 3 N–H and O–H groups in total. The third-order valence-corrected chi connectivity index (χ3v) is 4.39. The Morgan fingerprint density at radius 2 is 2.10 bits per heavy atom. The summed E-state index contributed by atoms with van der Waals surface area (Å²) in [5, 5.41) is 19.8. The molecule has 2 aromatic heterocycles. The van der Waals surface area contributed by atoms with Crippen molar-refractivity contribution in [3.8, 4) is 22.8 Å². The van der Waals surface area contributed by atoms with Crippen molar-refractivity contribution < 1.29 is 14.2 Å². The Kier molecular flexibility index (Phi) is 5.58. The van der Waals surface area contributed by atoms with E-state index in [1.807, 2.05) is 0 Å². The first-order valence-electron chi connectivity index (χ1n) is 8.84. The minimum absolute atomic E-state index is 0.0139. The van der Waals surface area contributed by atoms with Crippen molar-refractivity contribution in [2.24, 2.45) is 5.10 Å². The maximum atomic E-state index is 12.8. The molecule has 12 heteroatoms. The molecule has 31 heavy (non-hydrogen) atoms. The van der Waals surface area contributed by atoms with Gasteiger partial charge < -0.3 is 10.5 Å². The normalized spacial score (nSPS) is 11.0. The molecule has 1 amide bonds. The van der Waals surface area contributed by atoms with Crippen LogP contribution in [-0.4, -0.2) is 44.5 Å². The topological polar surface area (TPSA) is 146 Å². The van der Waals surface area contributed by atoms with Crippen molar-refractivity contribution in [1.29, 1.82) is 0 Å². The van der Waals surface area contributed by atoms with E-state index in [0.29, 0.717) is 27.6 Å². The summed E-state index contributed by atoms with van der Waals surface area (Å²) in [6.07, 6.45) is 1.46. The first-order valence-corrected chi connectivity index (χ1v) is 9.22. The number of nitrogens with two attached hydrogens (primary N) is 1. The zero-order valence-electron chi connectivity index (χ0n) is 16.1. The quantitative estimate of drug-likeness (QED) is 0.344. The van der Waals surface area contributed by atoms with E-state index in [-0.39, 0.29) is 17.3 Å². The maximum absolute atomic E-state index is 12.8. The highest BCUT2D eigenvalue weighted by Gasteiger charge is 2.25. The summed E-state index contributed by atoms with van der Waals surface area (Å²) in [6, 6.07) is 14.0. The second-order valence-electron chi connectivity index (χ2n) is 6.16. The largest absolute Gasteiger partial charge is 0.497 e. The van der Waals surface area contributed by atoms with E-state index in [2.05, 4.69) is 35.8 Å². The Balaban J connectivity index is 1.71. The van der Waals surface area contributed by atoms with Crippen LogP contribution in [0.4, 0.5) is 5.82 Å². The molecule has 0 aliphatic heterocycles. The van der Waals surface area contributed by atoms with Crippen LogP contribution < -0.4 is 15.9 Å². The lowest BCUT2D eigenvalue weighted by Crippen LogP contribution is -2.19. The van der Waals surface area contributed by atoms with Gasteiger partial charge >= 0.3 is 0 Å². The number of carbonyl (C=O) groups excluding carboxylic acids is 1. The van der Waals surface area contributed by atoms with Crippen LogP contribution in [0.1, 0.15) is 16.1 Å². The fourth-order valence-electron chi connectivity index (χ4n) is 2.76. The minimum Gasteiger partial charge on any atom is -0.497 e. The standard InChI is InChI=1S/C19H15ClN8O3/c1-30-14-7-3-5-12(9-14)16-15(23-27-28(16)18-17(21)25-31-26-18)19(29)24-22-10-11-4-2-6-13(20)8-11/h2-10H,1H3,(H2,21,25)(H,24,29)/b22-10-. The van der Waals surface area contributed by atoms with Gasteiger partial charge in [0.05, 0.1) is 13.3 Å². The summed E-state index contributed by atoms with van der Waals surface area (Å²) in [6.45, 7) is 0. The zero-order valence-corrected chi connectivity index (χ0v) is 16.8. The van der Waals surface area contributed by atoms with Crippen LogP contribution in [0.5, 0.6) is 5.75 Å². The zero-order chi connectivity index (χ0) is 21.8. The number of hydrazone groups is 1. The summed E-state index contributed by atoms with van der Waals surface area (Å²) in [4.78, 5) is 12.8. The van der Waals surface area contributed by atoms with Crippen molar-refractivity contribution >= 4 is 29.5 Å². The number of aromatic nitrogens is 5. The molecule has 4 rings (SSSR count). The highest BCUT2D eigenvalue weighted by Crippen LogP contribution is 2.28. The van der Waals surface area contributed by atoms with Crippen molar-refractivity contribution in [1.82, 2.24) is 30.7 Å². The first kappa shape index (κ1) is 20.0. The van der Waals surface area contributed by atoms with Gasteiger partial charge in [0.15, 0.2) is 5.69 Å². The fraction of sp³-hybridized carbons (Fsp3) is 0.0526. The number of rotatable bonds is 6. The molecular formula is C19H15ClN8O3. The maximum Gasteiger partial charge on any atom is 0.294 e. The van der Waals surface area contributed by atoms with E-state index < -0.39 is 5.91 Å². The van der Waals surface area contributed by atoms with Crippen LogP contribution in [0.3, 0.4) is 0 Å². The predicted molar refractivity (Wildman–Crippen MR) is 112 cm³/mol. The van der Waals surface area contributed by atoms with Crippen molar-refractivity contribution in [2.45, 2.75) is 0 Å². The molecule has 156 valence electrons. The molecule has 0 aliphatic carbocycles. The van der Waals surface area contributed by atoms with E-state index >= 15 is 0 Å². The monoisotopic (exact) mass is 438 g/mol. The summed E-state index contributed by atoms with van der Waals surface area (Å²) < 4.78 is 11.2. The van der Waals surface area contributed by atoms with Crippen molar-refractivity contribution in [2.75, 3.05) is 12.8 Å². The lowest BCUT2D eigenvalue weighted by molar-refractivity contribution is 0.0950. The van der Waals surface area contributed by atoms with Gasteiger partial charge in [0.25, 0.3) is 5.91 Å². The van der Waals surface area contributed by atoms with Gasteiger partial charge in [-0.15, -0.1) is 5.10 Å². The minimum atomic E-state index is -0.600. The third kappa shape index (κ3) is 4.21. The Bertz CT molecular complexity index is 1270. The van der Waals surface area contributed by atoms with E-state index in [4.69, 9.17) is 22.1 Å². The Hall–Kier alpha value is -4.25. The molecule has 0 saturated heterocycles. The van der Waals surface area contributed by atoms with Gasteiger partial charge in [-0.25, -0.2) is 10.1 Å². The van der Waals surface area contributed by atoms with E-state index in [0.717, 1.165) is 0 Å². The molecule has 2 heterocycles. The SMILES string of the molecule is COc1cccc(-c2c(C(=O)N/N=C\c3cccc(Cl)c3)nnn2-c2nonc2N)c1. The van der Waals surface area contributed by atoms with Crippen molar-refractivity contribution in [3.05, 3.63) is 64.8 Å². The predicted octanol–water partition coefficient (Wildman–Crippen LogP) is 2.33. The number of methoxy groups -OCH3 is 1. The molecule has 0 fully saturated rings. The number of anilines is 1. The number of ether oxygens (including phenoxy) is 1. The number of carbonyl (C=O) groups is 1. The number of nitrogen functional groups attached to an aromatic ring is 1. The van der Waals surface area contributed by atoms with E-state index in [9.17, 15) is 4.79 Å². The average molecular weight is 439 g/mol. The van der Waals surface area contributed by atoms with Gasteiger partial charge in [-0.3, -0.25) is 4.79 Å². The van der Waals surface area contributed by atoms with Crippen molar-refractivity contribution in [3.63, 3.8) is 0 Å². The smallest absolute Gasteiger partial charge is 0.294 e. The van der Waals surface area contributed by atoms with Crippen LogP contribution in [0.15, 0.2) is 58.3 Å². The number of hydrogen-bond acceptors (Lipinski definition) is 9. The Morgan fingerprint density at radius 3 is 2.84 bits per heavy atom. The molecule has 2 aromatic carbocycles. The molecule has 0 radical (unpaired) electrons. The van der Waals surface area contributed by atoms with Gasteiger partial charge in [-0.2, -0.15) is 9.78 Å². The second-order valence-corrected chi connectivity index (χ2v) is 6.59. The number of hydrogen-bond donors (Lipinski definition) is 2. The number of benzene rings is 2. The number of halogens is 1. The fourth-order valence-corrected chi connectivity index (χ4v) is 2.95. The lowest BCUT2D eigenvalue weighted by Gasteiger charge is -2.07. The lowest BCUT2D eigenvalue weighted by atomic mass is 10.1. The number of amides is 1. The highest BCUT2D eigenvalue weighted by molar-refractivity contribution is 6.30. The third-order valence-electron chi connectivity index (χ3n) is 4.15. The van der Waals surface area contributed by atoms with Crippen LogP contribution in [-0.2, 0) is 0 Å². The van der Waals surface area contributed by atoms with Gasteiger partial charge in [-0.1, -0.05) is 41.1 Å². The second kappa shape index (κ2) is 8.63. The number of nitrogens with zero attached hydrogens (tertiary/aromatic N) is 6. The molecule has 4 aromatic rings. The van der Waals surface area contributed by atoms with Gasteiger partial charge in [0, 0.05) is 10.6 Å². The average Bonchev–Trinajstić information content (AvgIpc) is 3.39. The number of nitrogens with one attached hydrogen (secondary N) is 1. The molecule has 0 saturated carbocycles. The van der Waals surface area contributed by atoms with Gasteiger partial charge in [0.1, 0.15) is 11.4 Å². The highest BCUT2D eigenvalue weighted by atomic mass is 35.5. The molecule has 0 aliphatic rings. The van der Waals surface area contributed by atoms with Crippen LogP contribution in [0.2, 0.25) is 5.02 Å². The Labute approximate surface area is 180 Å². The Morgan fingerprint density at radius 1 is 1.26 bits per heavy atom. The summed E-state index contributed by atoms with van der Waals surface area (Å²) in [5.74, 6) is 0.0472. The molecule has 0 spiro atoms. The van der Waals surface area contributed by atoms with Crippen LogP contribution in [0, 0.1) is 0 Å². The van der Waals surface area contributed by atoms with E-state index in [1.165, 1.54) is 18.0 Å². The summed E-state index contributed by atoms with van der Waals surface area (Å²) >= 11 is 5.95. The molecule has 0 bridgehead atoms. The molecule has 11 nitrogen and oxygen atoms in total. The van der Waals surface area contributed by atoms with E-state index in [1.54, 1.807) is 48.5 Å². The summed E-state index contributed by atoms with van der Waals surface area (Å²) in [5.41, 5.74) is 9.81. The van der Waals surface area contributed by atoms with Gasteiger partial charge in [-0.05, 0) is 40.1 Å². The van der Waals surface area contributed by atoms with Crippen LogP contribution in [0.25, 0.3) is 17.1 Å². The molecular weight excluding hydrogens is 424 g/mol. The summed E-state index contributed by atoms with van der Waals surface area (Å²) in [7, 11) is 1.53. The first-order chi connectivity index (χ1) is 15.1. The molecule has 0 unspecified atom stereocenters.